The highest BCUT2D eigenvalue weighted by Crippen LogP contribution is 2.31. The van der Waals surface area contributed by atoms with Crippen LogP contribution in [0.15, 0.2) is 42.6 Å². The van der Waals surface area contributed by atoms with Crippen molar-refractivity contribution < 1.29 is 0 Å². The molecule has 1 atom stereocenters. The molecule has 1 unspecified atom stereocenters. The van der Waals surface area contributed by atoms with Crippen molar-refractivity contribution in [3.05, 3.63) is 65.0 Å². The zero-order valence-electron chi connectivity index (χ0n) is 12.7. The molecule has 2 nitrogen and oxygen atoms in total. The molecule has 0 spiro atoms. The molecule has 3 rings (SSSR count). The number of aryl methyl sites for hydroxylation is 2. The van der Waals surface area contributed by atoms with E-state index in [0.717, 1.165) is 24.4 Å². The third kappa shape index (κ3) is 3.84. The first-order valence-electron chi connectivity index (χ1n) is 7.51. The molecule has 0 fully saturated rings. The van der Waals surface area contributed by atoms with E-state index in [9.17, 15) is 0 Å². The summed E-state index contributed by atoms with van der Waals surface area (Å²) in [5, 5.41) is 3.42. The van der Waals surface area contributed by atoms with Crippen molar-refractivity contribution in [3.63, 3.8) is 0 Å². The average Bonchev–Trinajstić information content (AvgIpc) is 2.52. The molecule has 1 N–H and O–H groups in total. The van der Waals surface area contributed by atoms with Gasteiger partial charge in [0.05, 0.1) is 16.6 Å². The summed E-state index contributed by atoms with van der Waals surface area (Å²) in [6.45, 7) is 2.89. The van der Waals surface area contributed by atoms with Gasteiger partial charge in [-0.05, 0) is 42.9 Å². The number of benzene rings is 1. The number of aromatic nitrogens is 1. The van der Waals surface area contributed by atoms with Gasteiger partial charge in [0.15, 0.2) is 0 Å². The number of nitrogens with one attached hydrogen (secondary N) is 1. The summed E-state index contributed by atoms with van der Waals surface area (Å²) in [7, 11) is 0. The first-order valence-corrected chi connectivity index (χ1v) is 7.92. The molecule has 1 aliphatic carbocycles. The third-order valence-corrected chi connectivity index (χ3v) is 4.46. The van der Waals surface area contributed by atoms with Crippen LogP contribution in [0.2, 0.25) is 0 Å². The number of nitrogens with zero attached hydrogens (tertiary/aromatic N) is 1. The fourth-order valence-corrected chi connectivity index (χ4v) is 3.25. The molecule has 0 bridgehead atoms. The molecule has 4 heteroatoms. The monoisotopic (exact) mass is 332 g/mol. The molecule has 1 aromatic carbocycles. The zero-order chi connectivity index (χ0) is 14.7. The van der Waals surface area contributed by atoms with E-state index in [4.69, 9.17) is 12.2 Å². The van der Waals surface area contributed by atoms with Gasteiger partial charge in [0, 0.05) is 12.7 Å². The van der Waals surface area contributed by atoms with E-state index < -0.39 is 0 Å². The smallest absolute Gasteiger partial charge is 0.0847 e. The number of thiocarbonyl (C=S) groups is 1. The predicted octanol–water partition coefficient (Wildman–Crippen LogP) is 4.35. The van der Waals surface area contributed by atoms with Gasteiger partial charge in [-0.2, -0.15) is 0 Å². The Labute approximate surface area is 143 Å². The Kier molecular flexibility index (Phi) is 5.92. The van der Waals surface area contributed by atoms with E-state index in [1.165, 1.54) is 28.8 Å². The minimum atomic E-state index is 0. The minimum absolute atomic E-state index is 0. The molecular formula is C18H21ClN2S. The highest BCUT2D eigenvalue weighted by molar-refractivity contribution is 7.80. The summed E-state index contributed by atoms with van der Waals surface area (Å²) >= 11 is 5.63. The molecule has 2 aromatic rings. The highest BCUT2D eigenvalue weighted by Gasteiger charge is 2.25. The maximum absolute atomic E-state index is 5.63. The van der Waals surface area contributed by atoms with E-state index in [0.29, 0.717) is 0 Å². The molecule has 0 saturated heterocycles. The molecular weight excluding hydrogens is 312 g/mol. The first-order chi connectivity index (χ1) is 10.2. The SMILES string of the molecule is Cc1cnc2c(c1)CCCC2C(=S)NCc1ccccc1.Cl. The summed E-state index contributed by atoms with van der Waals surface area (Å²) in [5.74, 6) is 0.271. The summed E-state index contributed by atoms with van der Waals surface area (Å²) in [6, 6.07) is 12.6. The summed E-state index contributed by atoms with van der Waals surface area (Å²) < 4.78 is 0. The van der Waals surface area contributed by atoms with Crippen molar-refractivity contribution >= 4 is 29.6 Å². The Hall–Kier alpha value is -1.45. The van der Waals surface area contributed by atoms with Crippen molar-refractivity contribution in [2.75, 3.05) is 0 Å². The lowest BCUT2D eigenvalue weighted by atomic mass is 9.86. The van der Waals surface area contributed by atoms with Gasteiger partial charge in [0.2, 0.25) is 0 Å². The van der Waals surface area contributed by atoms with Crippen LogP contribution in [-0.2, 0) is 13.0 Å². The van der Waals surface area contributed by atoms with Crippen molar-refractivity contribution in [1.82, 2.24) is 10.3 Å². The maximum Gasteiger partial charge on any atom is 0.0847 e. The minimum Gasteiger partial charge on any atom is -0.375 e. The van der Waals surface area contributed by atoms with Crippen LogP contribution < -0.4 is 5.32 Å². The number of pyridine rings is 1. The van der Waals surface area contributed by atoms with Gasteiger partial charge in [-0.15, -0.1) is 12.4 Å². The Morgan fingerprint density at radius 1 is 1.32 bits per heavy atom. The van der Waals surface area contributed by atoms with Gasteiger partial charge in [0.1, 0.15) is 0 Å². The second kappa shape index (κ2) is 7.70. The molecule has 0 amide bonds. The molecule has 1 aromatic heterocycles. The lowest BCUT2D eigenvalue weighted by molar-refractivity contribution is 0.622. The van der Waals surface area contributed by atoms with E-state index in [2.05, 4.69) is 47.6 Å². The predicted molar refractivity (Wildman–Crippen MR) is 97.8 cm³/mol. The Morgan fingerprint density at radius 3 is 2.86 bits per heavy atom. The van der Waals surface area contributed by atoms with Crippen molar-refractivity contribution in [2.24, 2.45) is 0 Å². The van der Waals surface area contributed by atoms with Gasteiger partial charge in [0.25, 0.3) is 0 Å². The molecule has 22 heavy (non-hydrogen) atoms. The Balaban J connectivity index is 0.00000176. The van der Waals surface area contributed by atoms with E-state index in [1.54, 1.807) is 0 Å². The van der Waals surface area contributed by atoms with Crippen LogP contribution in [-0.4, -0.2) is 9.97 Å². The van der Waals surface area contributed by atoms with E-state index in [1.807, 2.05) is 12.3 Å². The van der Waals surface area contributed by atoms with Crippen LogP contribution in [0, 0.1) is 6.92 Å². The van der Waals surface area contributed by atoms with Crippen molar-refractivity contribution in [2.45, 2.75) is 38.6 Å². The Morgan fingerprint density at radius 2 is 2.09 bits per heavy atom. The van der Waals surface area contributed by atoms with Crippen molar-refractivity contribution in [3.8, 4) is 0 Å². The van der Waals surface area contributed by atoms with Gasteiger partial charge in [-0.25, -0.2) is 0 Å². The maximum atomic E-state index is 5.63. The van der Waals surface area contributed by atoms with E-state index in [-0.39, 0.29) is 18.3 Å². The summed E-state index contributed by atoms with van der Waals surface area (Å²) in [6.07, 6.45) is 5.37. The zero-order valence-corrected chi connectivity index (χ0v) is 14.3. The molecule has 0 aliphatic heterocycles. The van der Waals surface area contributed by atoms with Crippen LogP contribution in [0.5, 0.6) is 0 Å². The molecule has 1 aliphatic rings. The molecule has 0 radical (unpaired) electrons. The largest absolute Gasteiger partial charge is 0.375 e. The Bertz CT molecular complexity index is 643. The molecule has 116 valence electrons. The summed E-state index contributed by atoms with van der Waals surface area (Å²) in [4.78, 5) is 5.58. The first kappa shape index (κ1) is 16.9. The average molecular weight is 333 g/mol. The molecule has 0 saturated carbocycles. The number of halogens is 1. The molecule has 1 heterocycles. The van der Waals surface area contributed by atoms with E-state index >= 15 is 0 Å². The van der Waals surface area contributed by atoms with Crippen molar-refractivity contribution in [1.29, 1.82) is 0 Å². The fraction of sp³-hybridized carbons (Fsp3) is 0.333. The van der Waals surface area contributed by atoms with Crippen LogP contribution in [0.3, 0.4) is 0 Å². The van der Waals surface area contributed by atoms with Crippen LogP contribution >= 0.6 is 24.6 Å². The van der Waals surface area contributed by atoms with Gasteiger partial charge >= 0.3 is 0 Å². The van der Waals surface area contributed by atoms with Crippen LogP contribution in [0.4, 0.5) is 0 Å². The third-order valence-electron chi connectivity index (χ3n) is 4.03. The number of hydrogen-bond acceptors (Lipinski definition) is 2. The highest BCUT2D eigenvalue weighted by atomic mass is 35.5. The van der Waals surface area contributed by atoms with Gasteiger partial charge in [-0.1, -0.05) is 48.6 Å². The van der Waals surface area contributed by atoms with Gasteiger partial charge < -0.3 is 5.32 Å². The number of hydrogen-bond donors (Lipinski definition) is 1. The number of fused-ring (bicyclic) bond motifs is 1. The van der Waals surface area contributed by atoms with Gasteiger partial charge in [-0.3, -0.25) is 4.98 Å². The van der Waals surface area contributed by atoms with Crippen LogP contribution in [0.25, 0.3) is 0 Å². The topological polar surface area (TPSA) is 24.9 Å². The lowest BCUT2D eigenvalue weighted by Crippen LogP contribution is -2.30. The summed E-state index contributed by atoms with van der Waals surface area (Å²) in [5.41, 5.74) is 5.04. The second-order valence-electron chi connectivity index (χ2n) is 5.71. The lowest BCUT2D eigenvalue weighted by Gasteiger charge is -2.26. The number of rotatable bonds is 3. The second-order valence-corrected chi connectivity index (χ2v) is 6.15. The van der Waals surface area contributed by atoms with Crippen LogP contribution in [0.1, 0.15) is 41.1 Å². The quantitative estimate of drug-likeness (QED) is 0.846. The fourth-order valence-electron chi connectivity index (χ4n) is 2.95. The normalized spacial score (nSPS) is 16.3. The standard InChI is InChI=1S/C18H20N2S.ClH/c1-13-10-15-8-5-9-16(17(15)19-11-13)18(21)20-12-14-6-3-2-4-7-14;/h2-4,6-7,10-11,16H,5,8-9,12H2,1H3,(H,20,21);1H.